The van der Waals surface area contributed by atoms with Crippen molar-refractivity contribution in [3.05, 3.63) is 11.6 Å². The van der Waals surface area contributed by atoms with Crippen LogP contribution >= 0.6 is 0 Å². The fourth-order valence-corrected chi connectivity index (χ4v) is 0.723. The summed E-state index contributed by atoms with van der Waals surface area (Å²) < 4.78 is 0. The fourth-order valence-electron chi connectivity index (χ4n) is 0.723. The first-order valence-corrected chi connectivity index (χ1v) is 3.57. The molecule has 1 nitrogen and oxygen atoms in total. The van der Waals surface area contributed by atoms with Crippen LogP contribution in [-0.4, -0.2) is 5.78 Å². The highest BCUT2D eigenvalue weighted by molar-refractivity contribution is 5.98. The summed E-state index contributed by atoms with van der Waals surface area (Å²) in [7, 11) is 0. The van der Waals surface area contributed by atoms with Gasteiger partial charge in [-0.2, -0.15) is 0 Å². The lowest BCUT2D eigenvalue weighted by atomic mass is 9.87. The van der Waals surface area contributed by atoms with E-state index >= 15 is 0 Å². The van der Waals surface area contributed by atoms with Crippen LogP contribution in [0.1, 0.15) is 34.6 Å². The molecule has 0 fully saturated rings. The fraction of sp³-hybridized carbons (Fsp3) is 0.667. The molecule has 0 N–H and O–H groups in total. The van der Waals surface area contributed by atoms with Crippen LogP contribution in [0.25, 0.3) is 0 Å². The molecule has 0 spiro atoms. The molecule has 10 heavy (non-hydrogen) atoms. The van der Waals surface area contributed by atoms with Crippen molar-refractivity contribution in [1.29, 1.82) is 0 Å². The van der Waals surface area contributed by atoms with Gasteiger partial charge < -0.3 is 0 Å². The SMILES string of the molecule is C/C=C(\C)C(=O)C(C)(C)C. The first-order chi connectivity index (χ1) is 4.39. The molecule has 58 valence electrons. The Labute approximate surface area is 63.1 Å². The Bertz CT molecular complexity index is 158. The molecule has 0 rings (SSSR count). The third-order valence-electron chi connectivity index (χ3n) is 1.47. The van der Waals surface area contributed by atoms with Crippen molar-refractivity contribution >= 4 is 5.78 Å². The van der Waals surface area contributed by atoms with E-state index in [2.05, 4.69) is 0 Å². The highest BCUT2D eigenvalue weighted by Crippen LogP contribution is 2.18. The summed E-state index contributed by atoms with van der Waals surface area (Å²) in [5, 5.41) is 0. The Morgan fingerprint density at radius 1 is 1.30 bits per heavy atom. The van der Waals surface area contributed by atoms with Gasteiger partial charge in [-0.25, -0.2) is 0 Å². The number of hydrogen-bond acceptors (Lipinski definition) is 1. The van der Waals surface area contributed by atoms with Gasteiger partial charge in [0.15, 0.2) is 5.78 Å². The molecule has 0 radical (unpaired) electrons. The van der Waals surface area contributed by atoms with Crippen LogP contribution < -0.4 is 0 Å². The van der Waals surface area contributed by atoms with E-state index in [1.54, 1.807) is 0 Å². The van der Waals surface area contributed by atoms with Gasteiger partial charge in [-0.05, 0) is 19.4 Å². The lowest BCUT2D eigenvalue weighted by Crippen LogP contribution is -2.20. The molecule has 0 aromatic carbocycles. The summed E-state index contributed by atoms with van der Waals surface area (Å²) in [6, 6.07) is 0. The third-order valence-corrected chi connectivity index (χ3v) is 1.47. The van der Waals surface area contributed by atoms with Crippen LogP contribution in [0.15, 0.2) is 11.6 Å². The summed E-state index contributed by atoms with van der Waals surface area (Å²) >= 11 is 0. The molecule has 0 aliphatic rings. The summed E-state index contributed by atoms with van der Waals surface area (Å²) in [4.78, 5) is 11.3. The van der Waals surface area contributed by atoms with Crippen molar-refractivity contribution in [1.82, 2.24) is 0 Å². The van der Waals surface area contributed by atoms with Gasteiger partial charge in [0.25, 0.3) is 0 Å². The largest absolute Gasteiger partial charge is 0.294 e. The zero-order valence-electron chi connectivity index (χ0n) is 7.49. The summed E-state index contributed by atoms with van der Waals surface area (Å²) in [5.41, 5.74) is 0.629. The number of carbonyl (C=O) groups is 1. The predicted molar refractivity (Wildman–Crippen MR) is 43.9 cm³/mol. The third kappa shape index (κ3) is 2.34. The molecule has 0 saturated carbocycles. The van der Waals surface area contributed by atoms with Crippen LogP contribution in [0.5, 0.6) is 0 Å². The molecule has 0 unspecified atom stereocenters. The van der Waals surface area contributed by atoms with Gasteiger partial charge in [0.1, 0.15) is 0 Å². The number of Topliss-reactive ketones (excluding diaryl/α,β-unsaturated/α-hetero) is 1. The van der Waals surface area contributed by atoms with E-state index in [0.29, 0.717) is 0 Å². The molecule has 0 aromatic rings. The number of rotatable bonds is 1. The number of ketones is 1. The lowest BCUT2D eigenvalue weighted by Gasteiger charge is -2.16. The Morgan fingerprint density at radius 2 is 1.70 bits per heavy atom. The Kier molecular flexibility index (Phi) is 2.82. The molecule has 1 heteroatoms. The summed E-state index contributed by atoms with van der Waals surface area (Å²) in [6.45, 7) is 9.54. The van der Waals surface area contributed by atoms with Crippen molar-refractivity contribution < 1.29 is 4.79 Å². The Hall–Kier alpha value is -0.590. The van der Waals surface area contributed by atoms with Gasteiger partial charge in [-0.1, -0.05) is 26.8 Å². The topological polar surface area (TPSA) is 17.1 Å². The highest BCUT2D eigenvalue weighted by Gasteiger charge is 2.21. The van der Waals surface area contributed by atoms with Crippen molar-refractivity contribution in [3.8, 4) is 0 Å². The van der Waals surface area contributed by atoms with E-state index in [1.807, 2.05) is 40.7 Å². The molecule has 0 saturated heterocycles. The van der Waals surface area contributed by atoms with Crippen LogP contribution in [0, 0.1) is 5.41 Å². The molecule has 0 heterocycles. The predicted octanol–water partition coefficient (Wildman–Crippen LogP) is 2.57. The van der Waals surface area contributed by atoms with E-state index < -0.39 is 0 Å². The van der Waals surface area contributed by atoms with E-state index in [-0.39, 0.29) is 11.2 Å². The zero-order valence-corrected chi connectivity index (χ0v) is 7.49. The second-order valence-electron chi connectivity index (χ2n) is 3.55. The van der Waals surface area contributed by atoms with Crippen molar-refractivity contribution in [3.63, 3.8) is 0 Å². The van der Waals surface area contributed by atoms with E-state index in [1.165, 1.54) is 0 Å². The normalized spacial score (nSPS) is 13.5. The molecule has 0 aliphatic heterocycles. The zero-order chi connectivity index (χ0) is 8.36. The van der Waals surface area contributed by atoms with E-state index in [4.69, 9.17) is 0 Å². The molecule has 0 atom stereocenters. The smallest absolute Gasteiger partial charge is 0.163 e. The van der Waals surface area contributed by atoms with Gasteiger partial charge in [-0.3, -0.25) is 4.79 Å². The quantitative estimate of drug-likeness (QED) is 0.511. The average Bonchev–Trinajstić information content (AvgIpc) is 1.83. The minimum Gasteiger partial charge on any atom is -0.294 e. The lowest BCUT2D eigenvalue weighted by molar-refractivity contribution is -0.122. The van der Waals surface area contributed by atoms with Crippen LogP contribution in [0.3, 0.4) is 0 Å². The Morgan fingerprint density at radius 3 is 1.80 bits per heavy atom. The van der Waals surface area contributed by atoms with Crippen molar-refractivity contribution in [2.45, 2.75) is 34.6 Å². The summed E-state index contributed by atoms with van der Waals surface area (Å²) in [6.07, 6.45) is 1.85. The highest BCUT2D eigenvalue weighted by atomic mass is 16.1. The van der Waals surface area contributed by atoms with Crippen LogP contribution in [0.2, 0.25) is 0 Å². The van der Waals surface area contributed by atoms with Gasteiger partial charge >= 0.3 is 0 Å². The molecule has 0 aliphatic carbocycles. The number of hydrogen-bond donors (Lipinski definition) is 0. The Balaban J connectivity index is 4.39. The van der Waals surface area contributed by atoms with Crippen molar-refractivity contribution in [2.24, 2.45) is 5.41 Å². The maximum atomic E-state index is 11.3. The van der Waals surface area contributed by atoms with E-state index in [9.17, 15) is 4.79 Å². The van der Waals surface area contributed by atoms with E-state index in [0.717, 1.165) is 5.57 Å². The van der Waals surface area contributed by atoms with Crippen LogP contribution in [0.4, 0.5) is 0 Å². The maximum absolute atomic E-state index is 11.3. The molecule has 0 aromatic heterocycles. The van der Waals surface area contributed by atoms with Crippen molar-refractivity contribution in [2.75, 3.05) is 0 Å². The molecular weight excluding hydrogens is 124 g/mol. The van der Waals surface area contributed by atoms with Gasteiger partial charge in [0.05, 0.1) is 0 Å². The molecule has 0 bridgehead atoms. The molecular formula is C9H16O. The van der Waals surface area contributed by atoms with Gasteiger partial charge in [-0.15, -0.1) is 0 Å². The van der Waals surface area contributed by atoms with Gasteiger partial charge in [0.2, 0.25) is 0 Å². The first kappa shape index (κ1) is 9.41. The number of allylic oxidation sites excluding steroid dienone is 2. The first-order valence-electron chi connectivity index (χ1n) is 3.57. The maximum Gasteiger partial charge on any atom is 0.163 e. The van der Waals surface area contributed by atoms with Gasteiger partial charge in [0, 0.05) is 5.41 Å². The minimum absolute atomic E-state index is 0.226. The second kappa shape index (κ2) is 3.00. The van der Waals surface area contributed by atoms with Crippen LogP contribution in [-0.2, 0) is 4.79 Å². The summed E-state index contributed by atoms with van der Waals surface area (Å²) in [5.74, 6) is 0.231. The molecule has 0 amide bonds. The monoisotopic (exact) mass is 140 g/mol. The standard InChI is InChI=1S/C9H16O/c1-6-7(2)8(10)9(3,4)5/h6H,1-5H3/b7-6+. The minimum atomic E-state index is -0.226. The number of carbonyl (C=O) groups excluding carboxylic acids is 1. The second-order valence-corrected chi connectivity index (χ2v) is 3.55. The average molecular weight is 140 g/mol.